The number of nitrogens with zero attached hydrogens (tertiary/aromatic N) is 1. The van der Waals surface area contributed by atoms with Crippen molar-refractivity contribution in [1.29, 1.82) is 0 Å². The molecule has 0 unspecified atom stereocenters. The maximum absolute atomic E-state index is 13.4. The quantitative estimate of drug-likeness (QED) is 0.708. The highest BCUT2D eigenvalue weighted by atomic mass is 19.1. The minimum absolute atomic E-state index is 0.315. The van der Waals surface area contributed by atoms with E-state index in [0.29, 0.717) is 18.7 Å². The van der Waals surface area contributed by atoms with Crippen LogP contribution in [-0.2, 0) is 13.0 Å². The first-order valence-electron chi connectivity index (χ1n) is 6.79. The van der Waals surface area contributed by atoms with E-state index in [1.54, 1.807) is 6.20 Å². The molecular weight excluding hydrogens is 272 g/mol. The lowest BCUT2D eigenvalue weighted by Gasteiger charge is -2.06. The van der Waals surface area contributed by atoms with Crippen molar-refractivity contribution in [3.8, 4) is 0 Å². The van der Waals surface area contributed by atoms with Gasteiger partial charge < -0.3 is 5.32 Å². The number of H-pyrrole nitrogens is 1. The van der Waals surface area contributed by atoms with Gasteiger partial charge in [0.25, 0.3) is 0 Å². The molecule has 0 radical (unpaired) electrons. The van der Waals surface area contributed by atoms with E-state index in [-0.39, 0.29) is 5.82 Å². The van der Waals surface area contributed by atoms with Gasteiger partial charge in [0.2, 0.25) is 0 Å². The van der Waals surface area contributed by atoms with E-state index in [1.165, 1.54) is 11.6 Å². The number of hydrogen-bond donors (Lipinski definition) is 2. The third-order valence-electron chi connectivity index (χ3n) is 3.42. The molecule has 5 heteroatoms. The van der Waals surface area contributed by atoms with Crippen LogP contribution in [0.4, 0.5) is 8.78 Å². The van der Waals surface area contributed by atoms with E-state index >= 15 is 0 Å². The zero-order valence-corrected chi connectivity index (χ0v) is 11.4. The third-order valence-corrected chi connectivity index (χ3v) is 3.42. The first kappa shape index (κ1) is 13.7. The Morgan fingerprint density at radius 1 is 1.10 bits per heavy atom. The van der Waals surface area contributed by atoms with Crippen LogP contribution >= 0.6 is 0 Å². The van der Waals surface area contributed by atoms with Crippen molar-refractivity contribution in [3.63, 3.8) is 0 Å². The predicted molar refractivity (Wildman–Crippen MR) is 77.9 cm³/mol. The first-order valence-corrected chi connectivity index (χ1v) is 6.79. The summed E-state index contributed by atoms with van der Waals surface area (Å²) in [5.74, 6) is -0.805. The Balaban J connectivity index is 1.55. The predicted octanol–water partition coefficient (Wildman–Crippen LogP) is 3.17. The van der Waals surface area contributed by atoms with Crippen molar-refractivity contribution in [1.82, 2.24) is 15.5 Å². The number of benzene rings is 2. The van der Waals surface area contributed by atoms with Crippen LogP contribution in [0.3, 0.4) is 0 Å². The van der Waals surface area contributed by atoms with Crippen molar-refractivity contribution in [2.24, 2.45) is 0 Å². The van der Waals surface area contributed by atoms with Crippen molar-refractivity contribution >= 4 is 10.9 Å². The van der Waals surface area contributed by atoms with Crippen LogP contribution in [-0.4, -0.2) is 16.7 Å². The van der Waals surface area contributed by atoms with E-state index in [9.17, 15) is 8.78 Å². The summed E-state index contributed by atoms with van der Waals surface area (Å²) >= 11 is 0. The maximum atomic E-state index is 13.4. The highest BCUT2D eigenvalue weighted by Crippen LogP contribution is 2.13. The van der Waals surface area contributed by atoms with Crippen LogP contribution in [0.15, 0.2) is 42.6 Å². The minimum atomic E-state index is -0.419. The van der Waals surface area contributed by atoms with Gasteiger partial charge in [-0.1, -0.05) is 12.1 Å². The highest BCUT2D eigenvalue weighted by Gasteiger charge is 2.03. The number of rotatable bonds is 5. The zero-order valence-electron chi connectivity index (χ0n) is 11.4. The van der Waals surface area contributed by atoms with Gasteiger partial charge in [0.05, 0.1) is 11.7 Å². The second-order valence-electron chi connectivity index (χ2n) is 4.95. The molecule has 0 aliphatic heterocycles. The summed E-state index contributed by atoms with van der Waals surface area (Å²) in [6.45, 7) is 1.01. The monoisotopic (exact) mass is 287 g/mol. The molecule has 0 aliphatic carbocycles. The van der Waals surface area contributed by atoms with Crippen LogP contribution in [0, 0.1) is 11.6 Å². The van der Waals surface area contributed by atoms with Gasteiger partial charge in [-0.15, -0.1) is 0 Å². The smallest absolute Gasteiger partial charge is 0.127 e. The van der Waals surface area contributed by atoms with Crippen molar-refractivity contribution in [3.05, 3.63) is 65.4 Å². The lowest BCUT2D eigenvalue weighted by atomic mass is 10.1. The fourth-order valence-corrected chi connectivity index (χ4v) is 2.27. The van der Waals surface area contributed by atoms with Crippen molar-refractivity contribution < 1.29 is 8.78 Å². The molecule has 2 N–H and O–H groups in total. The average Bonchev–Trinajstić information content (AvgIpc) is 2.94. The Hall–Kier alpha value is -2.27. The van der Waals surface area contributed by atoms with Gasteiger partial charge in [-0.2, -0.15) is 5.10 Å². The van der Waals surface area contributed by atoms with Gasteiger partial charge in [0.1, 0.15) is 11.6 Å². The Kier molecular flexibility index (Phi) is 3.92. The molecular formula is C16H15F2N3. The normalized spacial score (nSPS) is 11.1. The second kappa shape index (κ2) is 6.01. The van der Waals surface area contributed by atoms with Gasteiger partial charge >= 0.3 is 0 Å². The number of hydrogen-bond acceptors (Lipinski definition) is 2. The number of aromatic nitrogens is 2. The lowest BCUT2D eigenvalue weighted by Crippen LogP contribution is -2.17. The summed E-state index contributed by atoms with van der Waals surface area (Å²) < 4.78 is 26.5. The summed E-state index contributed by atoms with van der Waals surface area (Å²) in [6.07, 6.45) is 2.59. The molecule has 0 bridgehead atoms. The molecule has 0 saturated carbocycles. The third kappa shape index (κ3) is 3.25. The van der Waals surface area contributed by atoms with Gasteiger partial charge in [-0.25, -0.2) is 8.78 Å². The van der Waals surface area contributed by atoms with E-state index in [4.69, 9.17) is 0 Å². The summed E-state index contributed by atoms with van der Waals surface area (Å²) in [5.41, 5.74) is 2.52. The number of halogens is 2. The molecule has 0 saturated heterocycles. The number of aromatic amines is 1. The molecule has 1 heterocycles. The number of nitrogens with one attached hydrogen (secondary N) is 2. The van der Waals surface area contributed by atoms with Crippen molar-refractivity contribution in [2.45, 2.75) is 13.0 Å². The number of fused-ring (bicyclic) bond motifs is 1. The van der Waals surface area contributed by atoms with E-state index < -0.39 is 5.82 Å². The molecule has 0 spiro atoms. The van der Waals surface area contributed by atoms with Crippen LogP contribution in [0.1, 0.15) is 11.1 Å². The second-order valence-corrected chi connectivity index (χ2v) is 4.95. The van der Waals surface area contributed by atoms with E-state index in [1.807, 2.05) is 18.2 Å². The summed E-state index contributed by atoms with van der Waals surface area (Å²) in [5, 5.41) is 11.1. The Morgan fingerprint density at radius 3 is 2.90 bits per heavy atom. The molecule has 0 amide bonds. The van der Waals surface area contributed by atoms with Crippen LogP contribution in [0.5, 0.6) is 0 Å². The van der Waals surface area contributed by atoms with Gasteiger partial charge in [0, 0.05) is 17.5 Å². The fraction of sp³-hybridized carbons (Fsp3) is 0.188. The molecule has 108 valence electrons. The van der Waals surface area contributed by atoms with E-state index in [0.717, 1.165) is 29.5 Å². The topological polar surface area (TPSA) is 40.7 Å². The summed E-state index contributed by atoms with van der Waals surface area (Å²) in [4.78, 5) is 0. The fourth-order valence-electron chi connectivity index (χ4n) is 2.27. The van der Waals surface area contributed by atoms with Gasteiger partial charge in [-0.3, -0.25) is 5.10 Å². The summed E-state index contributed by atoms with van der Waals surface area (Å²) in [6, 6.07) is 9.60. The molecule has 3 aromatic rings. The molecule has 0 fully saturated rings. The van der Waals surface area contributed by atoms with Crippen LogP contribution < -0.4 is 5.32 Å². The van der Waals surface area contributed by atoms with Crippen LogP contribution in [0.25, 0.3) is 10.9 Å². The largest absolute Gasteiger partial charge is 0.312 e. The first-order chi connectivity index (χ1) is 10.2. The maximum Gasteiger partial charge on any atom is 0.127 e. The van der Waals surface area contributed by atoms with Gasteiger partial charge in [-0.05, 0) is 42.8 Å². The van der Waals surface area contributed by atoms with Gasteiger partial charge in [0.15, 0.2) is 0 Å². The molecule has 1 aromatic heterocycles. The minimum Gasteiger partial charge on any atom is -0.312 e. The Labute approximate surface area is 121 Å². The SMILES string of the molecule is Fc1ccc(F)c(CNCCc2ccc3cn[nH]c3c2)c1. The Bertz CT molecular complexity index is 752. The van der Waals surface area contributed by atoms with Crippen LogP contribution in [0.2, 0.25) is 0 Å². The van der Waals surface area contributed by atoms with Crippen molar-refractivity contribution in [2.75, 3.05) is 6.54 Å². The lowest BCUT2D eigenvalue weighted by molar-refractivity contribution is 0.569. The molecule has 0 atom stereocenters. The molecule has 0 aliphatic rings. The molecule has 21 heavy (non-hydrogen) atoms. The molecule has 2 aromatic carbocycles. The molecule has 3 rings (SSSR count). The average molecular weight is 287 g/mol. The highest BCUT2D eigenvalue weighted by molar-refractivity contribution is 5.78. The van der Waals surface area contributed by atoms with E-state index in [2.05, 4.69) is 15.5 Å². The zero-order chi connectivity index (χ0) is 14.7. The summed E-state index contributed by atoms with van der Waals surface area (Å²) in [7, 11) is 0. The Morgan fingerprint density at radius 2 is 2.00 bits per heavy atom. The molecule has 3 nitrogen and oxygen atoms in total. The standard InChI is InChI=1S/C16H15F2N3/c17-14-3-4-15(18)13(8-14)9-19-6-5-11-1-2-12-10-20-21-16(12)7-11/h1-4,7-8,10,19H,5-6,9H2,(H,20,21).